The van der Waals surface area contributed by atoms with E-state index in [9.17, 15) is 19.8 Å². The monoisotopic (exact) mass is 1050 g/mol. The Hall–Kier alpha value is -1.92. The van der Waals surface area contributed by atoms with Gasteiger partial charge in [0.2, 0.25) is 5.91 Å². The van der Waals surface area contributed by atoms with Crippen molar-refractivity contribution in [1.82, 2.24) is 5.32 Å². The molecule has 2 unspecified atom stereocenters. The van der Waals surface area contributed by atoms with Crippen molar-refractivity contribution in [3.63, 3.8) is 0 Å². The zero-order chi connectivity index (χ0) is 54.3. The first-order chi connectivity index (χ1) is 37.0. The molecule has 0 radical (unpaired) electrons. The highest BCUT2D eigenvalue weighted by Crippen LogP contribution is 2.17. The molecule has 0 aliphatic carbocycles. The summed E-state index contributed by atoms with van der Waals surface area (Å²) in [6.45, 7) is 4.92. The van der Waals surface area contributed by atoms with Crippen LogP contribution in [0.5, 0.6) is 0 Å². The molecule has 2 atom stereocenters. The number of hydrogen-bond acceptors (Lipinski definition) is 5. The van der Waals surface area contributed by atoms with Gasteiger partial charge in [0.05, 0.1) is 25.4 Å². The molecule has 3 N–H and O–H groups in total. The fraction of sp³-hybridized carbons (Fsp3) is 0.884. The van der Waals surface area contributed by atoms with Crippen LogP contribution in [0.2, 0.25) is 0 Å². The third-order valence-electron chi connectivity index (χ3n) is 15.6. The number of aliphatic hydroxyl groups is 2. The van der Waals surface area contributed by atoms with Crippen LogP contribution in [0.25, 0.3) is 0 Å². The first-order valence-corrected chi connectivity index (χ1v) is 33.8. The maximum atomic E-state index is 12.5. The highest BCUT2D eigenvalue weighted by atomic mass is 16.5. The highest BCUT2D eigenvalue weighted by Gasteiger charge is 2.18. The van der Waals surface area contributed by atoms with Gasteiger partial charge in [0.15, 0.2) is 0 Å². The van der Waals surface area contributed by atoms with E-state index in [1.807, 2.05) is 6.08 Å². The van der Waals surface area contributed by atoms with Crippen LogP contribution >= 0.6 is 0 Å². The number of unbranched alkanes of at least 4 members (excludes halogenated alkanes) is 48. The van der Waals surface area contributed by atoms with Crippen molar-refractivity contribution in [1.29, 1.82) is 0 Å². The minimum Gasteiger partial charge on any atom is -0.466 e. The Kier molecular flexibility index (Phi) is 63.0. The Labute approximate surface area is 468 Å². The summed E-state index contributed by atoms with van der Waals surface area (Å²) < 4.78 is 5.50. The second-order valence-electron chi connectivity index (χ2n) is 23.1. The zero-order valence-corrected chi connectivity index (χ0v) is 50.5. The average molecular weight is 1050 g/mol. The first kappa shape index (κ1) is 73.1. The van der Waals surface area contributed by atoms with E-state index in [2.05, 4.69) is 43.5 Å². The van der Waals surface area contributed by atoms with Crippen molar-refractivity contribution in [2.24, 2.45) is 0 Å². The fourth-order valence-electron chi connectivity index (χ4n) is 10.4. The van der Waals surface area contributed by atoms with Gasteiger partial charge in [0.1, 0.15) is 0 Å². The molecular weight excluding hydrogens is 923 g/mol. The number of esters is 1. The summed E-state index contributed by atoms with van der Waals surface area (Å²) in [5, 5.41) is 23.2. The number of hydrogen-bond donors (Lipinski definition) is 3. The lowest BCUT2D eigenvalue weighted by Crippen LogP contribution is -2.45. The molecule has 0 aromatic heterocycles. The van der Waals surface area contributed by atoms with Gasteiger partial charge in [-0.3, -0.25) is 9.59 Å². The van der Waals surface area contributed by atoms with Crippen LogP contribution < -0.4 is 5.32 Å². The Morgan fingerprint density at radius 1 is 0.360 bits per heavy atom. The Morgan fingerprint density at radius 3 is 0.947 bits per heavy atom. The van der Waals surface area contributed by atoms with E-state index < -0.39 is 12.1 Å². The number of carbonyl (C=O) groups is 2. The first-order valence-electron chi connectivity index (χ1n) is 33.8. The third-order valence-corrected chi connectivity index (χ3v) is 15.6. The fourth-order valence-corrected chi connectivity index (χ4v) is 10.4. The summed E-state index contributed by atoms with van der Waals surface area (Å²) in [6.07, 6.45) is 82.0. The summed E-state index contributed by atoms with van der Waals surface area (Å²) in [7, 11) is 0. The molecule has 0 rings (SSSR count). The zero-order valence-electron chi connectivity index (χ0n) is 50.5. The van der Waals surface area contributed by atoms with Crippen LogP contribution in [-0.4, -0.2) is 47.4 Å². The van der Waals surface area contributed by atoms with Gasteiger partial charge in [-0.2, -0.15) is 0 Å². The molecule has 0 aromatic carbocycles. The molecular formula is C69H131NO5. The molecule has 0 spiro atoms. The summed E-state index contributed by atoms with van der Waals surface area (Å²) in [5.74, 6) is -0.0637. The van der Waals surface area contributed by atoms with Crippen LogP contribution in [-0.2, 0) is 14.3 Å². The SMILES string of the molecule is CCCCCCCCC/C=C\CCCCCCCCCC(=O)OCCCCCCCCCCCCCC/C=C\CCCCCCCCCC(=O)NC(CO)C(O)/C=C/CCCCCCCCCCCCCCCCC. The molecule has 1 amide bonds. The topological polar surface area (TPSA) is 95.9 Å². The van der Waals surface area contributed by atoms with Crippen molar-refractivity contribution in [2.45, 2.75) is 379 Å². The van der Waals surface area contributed by atoms with Gasteiger partial charge < -0.3 is 20.3 Å². The number of aliphatic hydroxyl groups excluding tert-OH is 2. The van der Waals surface area contributed by atoms with E-state index in [1.165, 1.54) is 289 Å². The molecule has 0 saturated heterocycles. The molecule has 442 valence electrons. The third kappa shape index (κ3) is 61.2. The highest BCUT2D eigenvalue weighted by molar-refractivity contribution is 5.76. The smallest absolute Gasteiger partial charge is 0.305 e. The molecule has 6 nitrogen and oxygen atoms in total. The minimum atomic E-state index is -0.849. The van der Waals surface area contributed by atoms with Crippen LogP contribution in [0.4, 0.5) is 0 Å². The quantitative estimate of drug-likeness (QED) is 0.0320. The maximum Gasteiger partial charge on any atom is 0.305 e. The lowest BCUT2D eigenvalue weighted by atomic mass is 10.0. The number of nitrogens with one attached hydrogen (secondary N) is 1. The maximum absolute atomic E-state index is 12.5. The molecule has 0 aliphatic rings. The predicted octanol–water partition coefficient (Wildman–Crippen LogP) is 21.5. The molecule has 75 heavy (non-hydrogen) atoms. The Bertz CT molecular complexity index is 1210. The molecule has 0 bridgehead atoms. The number of rotatable bonds is 63. The van der Waals surface area contributed by atoms with E-state index in [4.69, 9.17) is 4.74 Å². The van der Waals surface area contributed by atoms with E-state index in [0.29, 0.717) is 19.4 Å². The standard InChI is InChI=1S/C69H131NO5/c1-3-5-7-9-11-13-15-17-19-21-31-35-39-43-47-51-55-59-63-69(74)75-64-60-56-52-48-44-40-36-32-28-26-24-22-23-25-27-30-34-38-42-46-50-54-58-62-68(73)70-66(65-71)67(72)61-57-53-49-45-41-37-33-29-20-18-16-14-12-10-8-6-4-2/h19,21,25,27,57,61,66-67,71-72H,3-18,20,22-24,26,28-56,58-60,62-65H2,1-2H3,(H,70,73)/b21-19-,27-25-,61-57+. The van der Waals surface area contributed by atoms with Crippen LogP contribution in [0, 0.1) is 0 Å². The van der Waals surface area contributed by atoms with Crippen molar-refractivity contribution in [2.75, 3.05) is 13.2 Å². The summed E-state index contributed by atoms with van der Waals surface area (Å²) >= 11 is 0. The van der Waals surface area contributed by atoms with E-state index in [0.717, 1.165) is 51.4 Å². The van der Waals surface area contributed by atoms with E-state index >= 15 is 0 Å². The molecule has 0 aliphatic heterocycles. The van der Waals surface area contributed by atoms with Crippen LogP contribution in [0.1, 0.15) is 367 Å². The molecule has 0 saturated carbocycles. The lowest BCUT2D eigenvalue weighted by molar-refractivity contribution is -0.143. The molecule has 0 aromatic rings. The normalized spacial score (nSPS) is 12.7. The second kappa shape index (κ2) is 64.6. The lowest BCUT2D eigenvalue weighted by Gasteiger charge is -2.20. The summed E-state index contributed by atoms with van der Waals surface area (Å²) in [4.78, 5) is 24.6. The van der Waals surface area contributed by atoms with Crippen molar-refractivity contribution < 1.29 is 24.5 Å². The van der Waals surface area contributed by atoms with Gasteiger partial charge in [-0.25, -0.2) is 0 Å². The second-order valence-corrected chi connectivity index (χ2v) is 23.1. The summed E-state index contributed by atoms with van der Waals surface area (Å²) in [6, 6.07) is -0.633. The Morgan fingerprint density at radius 2 is 0.627 bits per heavy atom. The van der Waals surface area contributed by atoms with Gasteiger partial charge in [0.25, 0.3) is 0 Å². The van der Waals surface area contributed by atoms with Gasteiger partial charge in [0, 0.05) is 12.8 Å². The number of amides is 1. The van der Waals surface area contributed by atoms with Crippen molar-refractivity contribution >= 4 is 11.9 Å². The van der Waals surface area contributed by atoms with E-state index in [-0.39, 0.29) is 18.5 Å². The molecule has 6 heteroatoms. The van der Waals surface area contributed by atoms with Gasteiger partial charge >= 0.3 is 5.97 Å². The van der Waals surface area contributed by atoms with Crippen molar-refractivity contribution in [3.05, 3.63) is 36.5 Å². The van der Waals surface area contributed by atoms with Crippen LogP contribution in [0.3, 0.4) is 0 Å². The number of allylic oxidation sites excluding steroid dienone is 5. The van der Waals surface area contributed by atoms with Gasteiger partial charge in [-0.05, 0) is 83.5 Å². The van der Waals surface area contributed by atoms with Crippen molar-refractivity contribution in [3.8, 4) is 0 Å². The molecule has 0 fully saturated rings. The number of ether oxygens (including phenoxy) is 1. The summed E-state index contributed by atoms with van der Waals surface area (Å²) in [5.41, 5.74) is 0. The van der Waals surface area contributed by atoms with E-state index in [1.54, 1.807) is 6.08 Å². The largest absolute Gasteiger partial charge is 0.466 e. The van der Waals surface area contributed by atoms with Gasteiger partial charge in [-0.15, -0.1) is 0 Å². The number of carbonyl (C=O) groups excluding carboxylic acids is 2. The van der Waals surface area contributed by atoms with Gasteiger partial charge in [-0.1, -0.05) is 307 Å². The average Bonchev–Trinajstić information content (AvgIpc) is 3.41. The Balaban J connectivity index is 3.42. The minimum absolute atomic E-state index is 0.00843. The molecule has 0 heterocycles. The predicted molar refractivity (Wildman–Crippen MR) is 329 cm³/mol. The van der Waals surface area contributed by atoms with Crippen LogP contribution in [0.15, 0.2) is 36.5 Å².